The molecule has 7 heteroatoms. The Kier molecular flexibility index (Phi) is 4.17. The third kappa shape index (κ3) is 3.21. The third-order valence-electron chi connectivity index (χ3n) is 3.37. The molecule has 2 aromatic carbocycles. The van der Waals surface area contributed by atoms with Crippen LogP contribution in [0.15, 0.2) is 53.8 Å². The molecule has 0 aliphatic heterocycles. The molecule has 0 spiro atoms. The van der Waals surface area contributed by atoms with Crippen LogP contribution in [0, 0.1) is 28.5 Å². The molecule has 0 amide bonds. The summed E-state index contributed by atoms with van der Waals surface area (Å²) in [6.07, 6.45) is 1.69. The van der Waals surface area contributed by atoms with Crippen LogP contribution in [-0.4, -0.2) is 15.5 Å². The van der Waals surface area contributed by atoms with Crippen molar-refractivity contribution in [2.75, 3.05) is 5.43 Å². The van der Waals surface area contributed by atoms with E-state index in [4.69, 9.17) is 10.5 Å². The van der Waals surface area contributed by atoms with Crippen molar-refractivity contribution < 1.29 is 4.39 Å². The predicted octanol–water partition coefficient (Wildman–Crippen LogP) is 3.04. The topological polar surface area (TPSA) is 89.8 Å². The van der Waals surface area contributed by atoms with Crippen LogP contribution in [0.4, 0.5) is 10.1 Å². The molecule has 0 saturated carbocycles. The quantitative estimate of drug-likeness (QED) is 0.591. The van der Waals surface area contributed by atoms with E-state index in [0.29, 0.717) is 12.2 Å². The van der Waals surface area contributed by atoms with E-state index in [1.807, 2.05) is 12.1 Å². The summed E-state index contributed by atoms with van der Waals surface area (Å²) in [6.45, 7) is 0.458. The number of aromatic nitrogens is 2. The molecule has 3 aromatic rings. The van der Waals surface area contributed by atoms with Crippen molar-refractivity contribution in [3.8, 4) is 12.1 Å². The van der Waals surface area contributed by atoms with Gasteiger partial charge >= 0.3 is 0 Å². The highest BCUT2D eigenvalue weighted by molar-refractivity contribution is 6.10. The molecule has 0 fully saturated rings. The van der Waals surface area contributed by atoms with E-state index in [0.717, 1.165) is 16.5 Å². The molecular weight excluding hydrogens is 307 g/mol. The number of halogens is 1. The summed E-state index contributed by atoms with van der Waals surface area (Å²) in [5.74, 6) is -0.279. The second-order valence-corrected chi connectivity index (χ2v) is 5.00. The van der Waals surface area contributed by atoms with Crippen molar-refractivity contribution >= 4 is 22.3 Å². The van der Waals surface area contributed by atoms with Crippen LogP contribution in [0.25, 0.3) is 10.9 Å². The number of nitrogens with zero attached hydrogens (tertiary/aromatic N) is 5. The van der Waals surface area contributed by atoms with Crippen molar-refractivity contribution in [1.82, 2.24) is 9.78 Å². The Labute approximate surface area is 137 Å². The van der Waals surface area contributed by atoms with E-state index >= 15 is 0 Å². The largest absolute Gasteiger partial charge is 0.276 e. The minimum absolute atomic E-state index is 0.253. The number of nitriles is 2. The summed E-state index contributed by atoms with van der Waals surface area (Å²) in [5.41, 5.74) is 4.75. The van der Waals surface area contributed by atoms with Crippen molar-refractivity contribution in [2.45, 2.75) is 6.54 Å². The Morgan fingerprint density at radius 3 is 2.79 bits per heavy atom. The van der Waals surface area contributed by atoms with Crippen LogP contribution >= 0.6 is 0 Å². The molecule has 6 nitrogen and oxygen atoms in total. The lowest BCUT2D eigenvalue weighted by Gasteiger charge is -2.05. The maximum atomic E-state index is 13.3. The fourth-order valence-corrected chi connectivity index (χ4v) is 2.29. The van der Waals surface area contributed by atoms with Gasteiger partial charge in [-0.25, -0.2) is 4.39 Å². The minimum atomic E-state index is -0.279. The van der Waals surface area contributed by atoms with Gasteiger partial charge in [-0.15, -0.1) is 0 Å². The Balaban J connectivity index is 1.85. The zero-order valence-corrected chi connectivity index (χ0v) is 12.4. The normalized spacial score (nSPS) is 9.96. The second kappa shape index (κ2) is 6.59. The van der Waals surface area contributed by atoms with Crippen LogP contribution in [0.1, 0.15) is 5.56 Å². The van der Waals surface area contributed by atoms with Crippen molar-refractivity contribution in [1.29, 1.82) is 10.5 Å². The van der Waals surface area contributed by atoms with Gasteiger partial charge in [-0.05, 0) is 35.9 Å². The number of hydrazone groups is 1. The van der Waals surface area contributed by atoms with Gasteiger partial charge in [0.05, 0.1) is 23.9 Å². The molecule has 1 aromatic heterocycles. The van der Waals surface area contributed by atoms with Gasteiger partial charge in [0, 0.05) is 5.39 Å². The molecular formula is C17H11FN6. The Hall–Kier alpha value is -3.71. The predicted molar refractivity (Wildman–Crippen MR) is 87.5 cm³/mol. The smallest absolute Gasteiger partial charge is 0.237 e. The Bertz CT molecular complexity index is 990. The van der Waals surface area contributed by atoms with Gasteiger partial charge in [-0.2, -0.15) is 20.7 Å². The average molecular weight is 318 g/mol. The molecule has 116 valence electrons. The van der Waals surface area contributed by atoms with Gasteiger partial charge in [-0.3, -0.25) is 10.1 Å². The lowest BCUT2D eigenvalue weighted by Crippen LogP contribution is -2.01. The van der Waals surface area contributed by atoms with Crippen molar-refractivity contribution in [2.24, 2.45) is 5.10 Å². The zero-order chi connectivity index (χ0) is 16.9. The molecule has 0 atom stereocenters. The molecule has 24 heavy (non-hydrogen) atoms. The van der Waals surface area contributed by atoms with Crippen LogP contribution in [0.5, 0.6) is 0 Å². The van der Waals surface area contributed by atoms with Gasteiger partial charge < -0.3 is 0 Å². The Morgan fingerprint density at radius 2 is 2.04 bits per heavy atom. The highest BCUT2D eigenvalue weighted by atomic mass is 19.1. The van der Waals surface area contributed by atoms with Gasteiger partial charge in [-0.1, -0.05) is 12.1 Å². The number of fused-ring (bicyclic) bond motifs is 1. The number of benzene rings is 2. The van der Waals surface area contributed by atoms with Crippen molar-refractivity contribution in [3.63, 3.8) is 0 Å². The standard InChI is InChI=1S/C17H11FN6/c18-14-3-1-2-12(6-14)11-24-17-5-4-15(7-13(17)10-21-24)22-23-16(8-19)9-20/h1-7,10,22H,11H2. The molecule has 0 bridgehead atoms. The van der Waals surface area contributed by atoms with E-state index in [9.17, 15) is 4.39 Å². The van der Waals surface area contributed by atoms with E-state index in [1.165, 1.54) is 12.1 Å². The molecule has 0 saturated heterocycles. The first kappa shape index (κ1) is 15.2. The first-order valence-electron chi connectivity index (χ1n) is 7.03. The molecule has 0 radical (unpaired) electrons. The van der Waals surface area contributed by atoms with Crippen molar-refractivity contribution in [3.05, 3.63) is 60.0 Å². The summed E-state index contributed by atoms with van der Waals surface area (Å²) in [7, 11) is 0. The highest BCUT2D eigenvalue weighted by Crippen LogP contribution is 2.20. The number of rotatable bonds is 4. The zero-order valence-electron chi connectivity index (χ0n) is 12.4. The summed E-state index contributed by atoms with van der Waals surface area (Å²) in [6, 6.07) is 15.1. The molecule has 1 N–H and O–H groups in total. The molecule has 0 aliphatic carbocycles. The average Bonchev–Trinajstić information content (AvgIpc) is 2.98. The summed E-state index contributed by atoms with van der Waals surface area (Å²) in [5, 5.41) is 26.2. The molecule has 0 aliphatic rings. The monoisotopic (exact) mass is 318 g/mol. The Morgan fingerprint density at radius 1 is 1.21 bits per heavy atom. The maximum absolute atomic E-state index is 13.3. The van der Waals surface area contributed by atoms with Crippen LogP contribution in [-0.2, 0) is 6.54 Å². The van der Waals surface area contributed by atoms with Crippen LogP contribution < -0.4 is 5.43 Å². The summed E-state index contributed by atoms with van der Waals surface area (Å²) < 4.78 is 15.0. The van der Waals surface area contributed by atoms with Gasteiger partial charge in [0.25, 0.3) is 0 Å². The number of hydrogen-bond acceptors (Lipinski definition) is 5. The number of hydrogen-bond donors (Lipinski definition) is 1. The minimum Gasteiger partial charge on any atom is -0.276 e. The molecule has 0 unspecified atom stereocenters. The number of nitrogens with one attached hydrogen (secondary N) is 1. The summed E-state index contributed by atoms with van der Waals surface area (Å²) >= 11 is 0. The SMILES string of the molecule is N#CC(C#N)=NNc1ccc2c(cnn2Cc2cccc(F)c2)c1. The third-order valence-corrected chi connectivity index (χ3v) is 3.37. The van der Waals surface area contributed by atoms with E-state index < -0.39 is 0 Å². The van der Waals surface area contributed by atoms with E-state index in [1.54, 1.807) is 41.2 Å². The van der Waals surface area contributed by atoms with Crippen LogP contribution in [0.2, 0.25) is 0 Å². The van der Waals surface area contributed by atoms with E-state index in [2.05, 4.69) is 15.6 Å². The molecule has 1 heterocycles. The summed E-state index contributed by atoms with van der Waals surface area (Å²) in [4.78, 5) is 0. The van der Waals surface area contributed by atoms with E-state index in [-0.39, 0.29) is 11.5 Å². The second-order valence-electron chi connectivity index (χ2n) is 5.00. The first-order chi connectivity index (χ1) is 11.7. The lowest BCUT2D eigenvalue weighted by molar-refractivity contribution is 0.621. The van der Waals surface area contributed by atoms with Gasteiger partial charge in [0.2, 0.25) is 5.71 Å². The fourth-order valence-electron chi connectivity index (χ4n) is 2.29. The maximum Gasteiger partial charge on any atom is 0.237 e. The molecule has 3 rings (SSSR count). The highest BCUT2D eigenvalue weighted by Gasteiger charge is 2.05. The lowest BCUT2D eigenvalue weighted by atomic mass is 10.2. The fraction of sp³-hybridized carbons (Fsp3) is 0.0588. The van der Waals surface area contributed by atoms with Gasteiger partial charge in [0.1, 0.15) is 18.0 Å². The number of anilines is 1. The van der Waals surface area contributed by atoms with Crippen LogP contribution in [0.3, 0.4) is 0 Å². The first-order valence-corrected chi connectivity index (χ1v) is 7.03. The van der Waals surface area contributed by atoms with Gasteiger partial charge in [0.15, 0.2) is 0 Å².